The topological polar surface area (TPSA) is 66.6 Å². The molecule has 0 radical (unpaired) electrons. The fraction of sp³-hybridized carbons (Fsp3) is 0.455. The van der Waals surface area contributed by atoms with E-state index in [9.17, 15) is 26.7 Å². The van der Waals surface area contributed by atoms with Crippen molar-refractivity contribution in [2.24, 2.45) is 4.99 Å². The Morgan fingerprint density at radius 1 is 1.33 bits per heavy atom. The molecule has 0 spiro atoms. The zero-order chi connectivity index (χ0) is 16.4. The van der Waals surface area contributed by atoms with Crippen LogP contribution in [-0.2, 0) is 5.92 Å². The second kappa shape index (κ2) is 5.70. The van der Waals surface area contributed by atoms with Crippen LogP contribution in [-0.4, -0.2) is 28.2 Å². The van der Waals surface area contributed by atoms with Crippen LogP contribution in [0, 0.1) is 0 Å². The number of aromatic nitrogens is 1. The Morgan fingerprint density at radius 2 is 1.90 bits per heavy atom. The minimum atomic E-state index is -5.89. The van der Waals surface area contributed by atoms with Gasteiger partial charge in [-0.3, -0.25) is 0 Å². The first kappa shape index (κ1) is 16.9. The summed E-state index contributed by atoms with van der Waals surface area (Å²) in [5.41, 5.74) is -1.74. The third-order valence-corrected chi connectivity index (χ3v) is 2.24. The molecule has 5 nitrogen and oxygen atoms in total. The van der Waals surface area contributed by atoms with E-state index in [1.807, 2.05) is 0 Å². The van der Waals surface area contributed by atoms with Gasteiger partial charge < -0.3 is 10.5 Å². The Morgan fingerprint density at radius 3 is 2.38 bits per heavy atom. The van der Waals surface area contributed by atoms with E-state index in [0.717, 1.165) is 6.07 Å². The van der Waals surface area contributed by atoms with Crippen molar-refractivity contribution in [2.45, 2.75) is 32.0 Å². The summed E-state index contributed by atoms with van der Waals surface area (Å²) in [5, 5.41) is 11.0. The second-order valence-corrected chi connectivity index (χ2v) is 4.40. The van der Waals surface area contributed by atoms with Gasteiger partial charge in [-0.2, -0.15) is 31.7 Å². The summed E-state index contributed by atoms with van der Waals surface area (Å²) >= 11 is 0. The van der Waals surface area contributed by atoms with Gasteiger partial charge in [0.1, 0.15) is 5.69 Å². The third-order valence-electron chi connectivity index (χ3n) is 2.24. The molecular weight excluding hydrogens is 301 g/mol. The van der Waals surface area contributed by atoms with Crippen LogP contribution in [0.15, 0.2) is 23.3 Å². The normalized spacial score (nSPS) is 13.6. The molecule has 2 N–H and O–H groups in total. The summed E-state index contributed by atoms with van der Waals surface area (Å²) in [6.07, 6.45) is -5.35. The van der Waals surface area contributed by atoms with Crippen molar-refractivity contribution >= 4 is 6.03 Å². The molecular formula is C11H12F5N3O2. The number of urea groups is 1. The highest BCUT2D eigenvalue weighted by molar-refractivity contribution is 5.75. The van der Waals surface area contributed by atoms with Crippen LogP contribution in [0.2, 0.25) is 0 Å². The number of nitrogens with one attached hydrogen (secondary N) is 1. The van der Waals surface area contributed by atoms with Gasteiger partial charge in [0.15, 0.2) is 0 Å². The van der Waals surface area contributed by atoms with Gasteiger partial charge in [0.2, 0.25) is 0 Å². The van der Waals surface area contributed by atoms with Gasteiger partial charge in [0.05, 0.1) is 5.36 Å². The molecule has 118 valence electrons. The lowest BCUT2D eigenvalue weighted by molar-refractivity contribution is -0.294. The molecule has 10 heteroatoms. The number of rotatable bonds is 2. The van der Waals surface area contributed by atoms with Crippen LogP contribution in [0.3, 0.4) is 0 Å². The fourth-order valence-corrected chi connectivity index (χ4v) is 1.33. The second-order valence-electron chi connectivity index (χ2n) is 4.40. The lowest BCUT2D eigenvalue weighted by Crippen LogP contribution is -2.37. The van der Waals surface area contributed by atoms with E-state index >= 15 is 0 Å². The Kier molecular flexibility index (Phi) is 4.59. The largest absolute Gasteiger partial charge is 0.459 e. The first-order valence-corrected chi connectivity index (χ1v) is 5.67. The van der Waals surface area contributed by atoms with Crippen molar-refractivity contribution in [3.8, 4) is 0 Å². The molecule has 1 aromatic rings. The number of carbonyl (C=O) groups excluding carboxylic acids is 1. The molecule has 0 bridgehead atoms. The minimum Gasteiger partial charge on any atom is -0.429 e. The molecule has 1 heterocycles. The summed E-state index contributed by atoms with van der Waals surface area (Å²) in [6.45, 7) is 3.23. The molecule has 0 aliphatic carbocycles. The Bertz CT molecular complexity index is 592. The molecule has 2 amide bonds. The van der Waals surface area contributed by atoms with Crippen molar-refractivity contribution in [1.82, 2.24) is 10.0 Å². The SMILES string of the molecule is CC(C)NC(=O)/N=c1\ccn(O)c(C(F)(F)C(F)(F)F)c1. The monoisotopic (exact) mass is 313 g/mol. The third kappa shape index (κ3) is 3.92. The Balaban J connectivity index is 3.29. The number of pyridine rings is 1. The molecule has 1 rings (SSSR count). The number of halogens is 5. The maximum Gasteiger partial charge on any atom is 0.459 e. The maximum absolute atomic E-state index is 13.2. The van der Waals surface area contributed by atoms with Gasteiger partial charge in [-0.05, 0) is 26.0 Å². The van der Waals surface area contributed by atoms with Gasteiger partial charge >= 0.3 is 18.1 Å². The lowest BCUT2D eigenvalue weighted by atomic mass is 10.2. The zero-order valence-corrected chi connectivity index (χ0v) is 10.9. The number of amides is 2. The highest BCUT2D eigenvalue weighted by Crippen LogP contribution is 2.42. The quantitative estimate of drug-likeness (QED) is 0.650. The lowest BCUT2D eigenvalue weighted by Gasteiger charge is -2.20. The maximum atomic E-state index is 13.2. The van der Waals surface area contributed by atoms with Crippen molar-refractivity contribution in [2.75, 3.05) is 0 Å². The molecule has 0 aromatic carbocycles. The number of alkyl halides is 5. The van der Waals surface area contributed by atoms with Crippen molar-refractivity contribution in [3.63, 3.8) is 0 Å². The number of hydrogen-bond acceptors (Lipinski definition) is 2. The van der Waals surface area contributed by atoms with Gasteiger partial charge in [-0.15, -0.1) is 0 Å². The molecule has 1 aromatic heterocycles. The number of carbonyl (C=O) groups is 1. The van der Waals surface area contributed by atoms with E-state index in [1.165, 1.54) is 0 Å². The van der Waals surface area contributed by atoms with Gasteiger partial charge in [0, 0.05) is 12.2 Å². The highest BCUT2D eigenvalue weighted by Gasteiger charge is 2.60. The van der Waals surface area contributed by atoms with Crippen LogP contribution < -0.4 is 10.7 Å². The van der Waals surface area contributed by atoms with Crippen molar-refractivity contribution in [3.05, 3.63) is 29.4 Å². The molecule has 0 aliphatic rings. The van der Waals surface area contributed by atoms with E-state index in [-0.39, 0.29) is 16.8 Å². The van der Waals surface area contributed by atoms with Crippen LogP contribution in [0.4, 0.5) is 26.7 Å². The minimum absolute atomic E-state index is 0.285. The first-order valence-electron chi connectivity index (χ1n) is 5.67. The average molecular weight is 313 g/mol. The summed E-state index contributed by atoms with van der Waals surface area (Å²) in [5.74, 6) is -5.29. The molecule has 0 saturated carbocycles. The van der Waals surface area contributed by atoms with Crippen LogP contribution in [0.25, 0.3) is 0 Å². The first-order chi connectivity index (χ1) is 9.45. The van der Waals surface area contributed by atoms with Gasteiger partial charge in [-0.25, -0.2) is 4.79 Å². The molecule has 0 saturated heterocycles. The zero-order valence-electron chi connectivity index (χ0n) is 10.9. The van der Waals surface area contributed by atoms with Crippen LogP contribution >= 0.6 is 0 Å². The molecule has 0 fully saturated rings. The molecule has 0 atom stereocenters. The van der Waals surface area contributed by atoms with E-state index in [0.29, 0.717) is 6.20 Å². The van der Waals surface area contributed by atoms with Crippen LogP contribution in [0.1, 0.15) is 19.5 Å². The standard InChI is InChI=1S/C11H12F5N3O2/c1-6(2)17-9(20)18-7-3-4-19(21)8(5-7)10(12,13)11(14,15)16/h3-6,21H,1-2H3,(H,17,20)/b18-7+. The number of hydrogen-bond donors (Lipinski definition) is 2. The molecule has 0 aliphatic heterocycles. The van der Waals surface area contributed by atoms with E-state index in [4.69, 9.17) is 5.21 Å². The van der Waals surface area contributed by atoms with Crippen molar-refractivity contribution < 1.29 is 32.0 Å². The van der Waals surface area contributed by atoms with Crippen molar-refractivity contribution in [1.29, 1.82) is 0 Å². The predicted octanol–water partition coefficient (Wildman–Crippen LogP) is 2.40. The van der Waals surface area contributed by atoms with Gasteiger partial charge in [0.25, 0.3) is 0 Å². The van der Waals surface area contributed by atoms with E-state index in [1.54, 1.807) is 13.8 Å². The molecule has 21 heavy (non-hydrogen) atoms. The average Bonchev–Trinajstić information content (AvgIpc) is 2.28. The summed E-state index contributed by atoms with van der Waals surface area (Å²) in [6, 6.07) is 0.00859. The Labute approximate surface area is 115 Å². The van der Waals surface area contributed by atoms with E-state index in [2.05, 4.69) is 10.3 Å². The summed E-state index contributed by atoms with van der Waals surface area (Å²) in [7, 11) is 0. The number of nitrogens with zero attached hydrogens (tertiary/aromatic N) is 2. The fourth-order valence-electron chi connectivity index (χ4n) is 1.33. The predicted molar refractivity (Wildman–Crippen MR) is 60.8 cm³/mol. The van der Waals surface area contributed by atoms with Gasteiger partial charge in [-0.1, -0.05) is 0 Å². The van der Waals surface area contributed by atoms with Crippen LogP contribution in [0.5, 0.6) is 0 Å². The van der Waals surface area contributed by atoms with E-state index < -0.39 is 29.2 Å². The summed E-state index contributed by atoms with van der Waals surface area (Å²) < 4.78 is 62.9. The molecule has 0 unspecified atom stereocenters. The summed E-state index contributed by atoms with van der Waals surface area (Å²) in [4.78, 5) is 14.6. The smallest absolute Gasteiger partial charge is 0.429 e. The Hall–Kier alpha value is -2.13. The highest BCUT2D eigenvalue weighted by atomic mass is 19.4.